The highest BCUT2D eigenvalue weighted by atomic mass is 16.5. The molecule has 0 aromatic heterocycles. The summed E-state index contributed by atoms with van der Waals surface area (Å²) < 4.78 is 5.04. The maximum atomic E-state index is 5.04. The van der Waals surface area contributed by atoms with Crippen molar-refractivity contribution >= 4 is 5.69 Å². The highest BCUT2D eigenvalue weighted by Crippen LogP contribution is 2.21. The van der Waals surface area contributed by atoms with E-state index in [1.165, 1.54) is 0 Å². The Hall–Kier alpha value is -1.18. The first kappa shape index (κ1) is 6.93. The highest BCUT2D eigenvalue weighted by Gasteiger charge is 1.96. The maximum absolute atomic E-state index is 5.04. The lowest BCUT2D eigenvalue weighted by Crippen LogP contribution is -1.91. The molecular weight excluding hydrogens is 126 g/mol. The second-order valence-electron chi connectivity index (χ2n) is 1.90. The van der Waals surface area contributed by atoms with E-state index in [0.29, 0.717) is 0 Å². The summed E-state index contributed by atoms with van der Waals surface area (Å²) in [5.41, 5.74) is 0.894. The zero-order valence-electron chi connectivity index (χ0n) is 6.16. The van der Waals surface area contributed by atoms with Gasteiger partial charge in [0.2, 0.25) is 0 Å². The zero-order valence-corrected chi connectivity index (χ0v) is 6.16. The van der Waals surface area contributed by atoms with Gasteiger partial charge in [-0.1, -0.05) is 12.1 Å². The van der Waals surface area contributed by atoms with Gasteiger partial charge in [-0.2, -0.15) is 0 Å². The van der Waals surface area contributed by atoms with E-state index in [-0.39, 0.29) is 0 Å². The van der Waals surface area contributed by atoms with E-state index in [1.54, 1.807) is 14.2 Å². The van der Waals surface area contributed by atoms with Crippen LogP contribution in [0, 0.1) is 0 Å². The molecular formula is C8H10NO. The van der Waals surface area contributed by atoms with Gasteiger partial charge in [-0.15, -0.1) is 0 Å². The Balaban J connectivity index is 2.96. The van der Waals surface area contributed by atoms with E-state index in [9.17, 15) is 0 Å². The summed E-state index contributed by atoms with van der Waals surface area (Å²) in [5.74, 6) is 0.824. The summed E-state index contributed by atoms with van der Waals surface area (Å²) in [6, 6.07) is 7.67. The van der Waals surface area contributed by atoms with Gasteiger partial charge in [-0.25, -0.2) is 0 Å². The van der Waals surface area contributed by atoms with E-state index < -0.39 is 0 Å². The molecule has 0 spiro atoms. The molecule has 10 heavy (non-hydrogen) atoms. The molecule has 0 aliphatic heterocycles. The van der Waals surface area contributed by atoms with Crippen LogP contribution in [0.15, 0.2) is 24.3 Å². The molecule has 53 valence electrons. The molecule has 0 atom stereocenters. The first-order valence-electron chi connectivity index (χ1n) is 3.11. The second-order valence-corrected chi connectivity index (χ2v) is 1.90. The van der Waals surface area contributed by atoms with Crippen molar-refractivity contribution in [1.82, 2.24) is 5.32 Å². The van der Waals surface area contributed by atoms with Gasteiger partial charge in [-0.05, 0) is 12.1 Å². The molecule has 1 rings (SSSR count). The average Bonchev–Trinajstić information content (AvgIpc) is 2.04. The van der Waals surface area contributed by atoms with Gasteiger partial charge in [0.05, 0.1) is 12.8 Å². The molecule has 1 radical (unpaired) electrons. The zero-order chi connectivity index (χ0) is 7.40. The number of hydrogen-bond donors (Lipinski definition) is 0. The summed E-state index contributed by atoms with van der Waals surface area (Å²) in [7, 11) is 3.39. The van der Waals surface area contributed by atoms with Crippen LogP contribution in [0.1, 0.15) is 0 Å². The highest BCUT2D eigenvalue weighted by molar-refractivity contribution is 5.49. The summed E-state index contributed by atoms with van der Waals surface area (Å²) in [6.45, 7) is 0. The fraction of sp³-hybridized carbons (Fsp3) is 0.250. The molecule has 0 bridgehead atoms. The Morgan fingerprint density at radius 3 is 2.50 bits per heavy atom. The molecule has 0 saturated heterocycles. The summed E-state index contributed by atoms with van der Waals surface area (Å²) in [5, 5.41) is 4.02. The molecule has 1 aromatic carbocycles. The average molecular weight is 136 g/mol. The normalized spacial score (nSPS) is 9.00. The standard InChI is InChI=1S/C8H10NO/c1-9-7-5-3-4-6-8(7)10-2/h3-6H,1-2H3. The molecule has 0 unspecified atom stereocenters. The van der Waals surface area contributed by atoms with Gasteiger partial charge in [0, 0.05) is 7.05 Å². The van der Waals surface area contributed by atoms with Crippen molar-refractivity contribution in [2.24, 2.45) is 0 Å². The fourth-order valence-corrected chi connectivity index (χ4v) is 0.815. The van der Waals surface area contributed by atoms with Crippen LogP contribution in [-0.4, -0.2) is 14.2 Å². The van der Waals surface area contributed by atoms with Crippen LogP contribution in [0.2, 0.25) is 0 Å². The van der Waals surface area contributed by atoms with Gasteiger partial charge >= 0.3 is 0 Å². The summed E-state index contributed by atoms with van der Waals surface area (Å²) in [6.07, 6.45) is 0. The SMILES string of the molecule is C[N]c1ccccc1OC. The fourth-order valence-electron chi connectivity index (χ4n) is 0.815. The van der Waals surface area contributed by atoms with Crippen LogP contribution in [0.5, 0.6) is 5.75 Å². The predicted octanol–water partition coefficient (Wildman–Crippen LogP) is 1.56. The van der Waals surface area contributed by atoms with Crippen molar-refractivity contribution in [3.05, 3.63) is 24.3 Å². The molecule has 0 heterocycles. The number of benzene rings is 1. The van der Waals surface area contributed by atoms with Crippen LogP contribution < -0.4 is 10.1 Å². The lowest BCUT2D eigenvalue weighted by Gasteiger charge is -2.03. The van der Waals surface area contributed by atoms with Crippen molar-refractivity contribution in [1.29, 1.82) is 0 Å². The Bertz CT molecular complexity index is 187. The van der Waals surface area contributed by atoms with E-state index in [2.05, 4.69) is 5.32 Å². The third kappa shape index (κ3) is 1.21. The maximum Gasteiger partial charge on any atom is 0.143 e. The smallest absolute Gasteiger partial charge is 0.143 e. The topological polar surface area (TPSA) is 23.3 Å². The lowest BCUT2D eigenvalue weighted by molar-refractivity contribution is 0.414. The van der Waals surface area contributed by atoms with Crippen LogP contribution in [-0.2, 0) is 0 Å². The molecule has 1 aromatic rings. The van der Waals surface area contributed by atoms with Crippen molar-refractivity contribution in [3.63, 3.8) is 0 Å². The summed E-state index contributed by atoms with van der Waals surface area (Å²) in [4.78, 5) is 0. The molecule has 0 N–H and O–H groups in total. The Labute approximate surface area is 60.8 Å². The molecule has 0 amide bonds. The van der Waals surface area contributed by atoms with Gasteiger partial charge in [0.25, 0.3) is 0 Å². The van der Waals surface area contributed by atoms with Gasteiger partial charge in [0.15, 0.2) is 0 Å². The lowest BCUT2D eigenvalue weighted by atomic mass is 10.3. The largest absolute Gasteiger partial charge is 0.495 e. The molecule has 0 fully saturated rings. The monoisotopic (exact) mass is 136 g/mol. The Morgan fingerprint density at radius 1 is 1.30 bits per heavy atom. The number of methoxy groups -OCH3 is 1. The van der Waals surface area contributed by atoms with E-state index in [1.807, 2.05) is 24.3 Å². The van der Waals surface area contributed by atoms with Gasteiger partial charge < -0.3 is 4.74 Å². The van der Waals surface area contributed by atoms with Crippen molar-refractivity contribution in [2.45, 2.75) is 0 Å². The first-order chi connectivity index (χ1) is 4.88. The minimum absolute atomic E-state index is 0.824. The predicted molar refractivity (Wildman–Crippen MR) is 40.7 cm³/mol. The van der Waals surface area contributed by atoms with Crippen LogP contribution in [0.25, 0.3) is 0 Å². The summed E-state index contributed by atoms with van der Waals surface area (Å²) >= 11 is 0. The third-order valence-corrected chi connectivity index (χ3v) is 1.33. The second kappa shape index (κ2) is 3.11. The van der Waals surface area contributed by atoms with Crippen molar-refractivity contribution in [3.8, 4) is 5.75 Å². The van der Waals surface area contributed by atoms with Gasteiger partial charge in [-0.3, -0.25) is 5.32 Å². The quantitative estimate of drug-likeness (QED) is 0.605. The minimum Gasteiger partial charge on any atom is -0.495 e. The number of rotatable bonds is 2. The number of nitrogens with zero attached hydrogens (tertiary/aromatic N) is 1. The van der Waals surface area contributed by atoms with Crippen LogP contribution in [0.3, 0.4) is 0 Å². The molecule has 2 nitrogen and oxygen atoms in total. The van der Waals surface area contributed by atoms with E-state index in [0.717, 1.165) is 11.4 Å². The van der Waals surface area contributed by atoms with Crippen LogP contribution >= 0.6 is 0 Å². The minimum atomic E-state index is 0.824. The number of para-hydroxylation sites is 2. The molecule has 0 saturated carbocycles. The van der Waals surface area contributed by atoms with Gasteiger partial charge in [0.1, 0.15) is 5.75 Å². The van der Waals surface area contributed by atoms with E-state index >= 15 is 0 Å². The van der Waals surface area contributed by atoms with E-state index in [4.69, 9.17) is 4.74 Å². The Morgan fingerprint density at radius 2 is 2.00 bits per heavy atom. The van der Waals surface area contributed by atoms with Crippen LogP contribution in [0.4, 0.5) is 5.69 Å². The number of hydrogen-bond acceptors (Lipinski definition) is 1. The first-order valence-corrected chi connectivity index (χ1v) is 3.11. The number of ether oxygens (including phenoxy) is 1. The molecule has 0 aliphatic carbocycles. The Kier molecular flexibility index (Phi) is 2.15. The molecule has 0 aliphatic rings. The molecule has 2 heteroatoms. The van der Waals surface area contributed by atoms with Crippen molar-refractivity contribution in [2.75, 3.05) is 14.2 Å². The van der Waals surface area contributed by atoms with Crippen molar-refractivity contribution < 1.29 is 4.74 Å². The third-order valence-electron chi connectivity index (χ3n) is 1.33.